The second-order valence-electron chi connectivity index (χ2n) is 7.07. The first kappa shape index (κ1) is 23.1. The van der Waals surface area contributed by atoms with Crippen LogP contribution in [0.25, 0.3) is 11.3 Å². The van der Waals surface area contributed by atoms with Crippen molar-refractivity contribution < 1.29 is 23.5 Å². The Hall–Kier alpha value is -3.58. The van der Waals surface area contributed by atoms with Gasteiger partial charge in [-0.15, -0.1) is 0 Å². The average molecular weight is 455 g/mol. The van der Waals surface area contributed by atoms with Gasteiger partial charge in [0.15, 0.2) is 6.61 Å². The molecule has 2 aromatic carbocycles. The normalized spacial score (nSPS) is 10.4. The van der Waals surface area contributed by atoms with Gasteiger partial charge in [-0.05, 0) is 24.3 Å². The van der Waals surface area contributed by atoms with Crippen LogP contribution in [0, 0.1) is 0 Å². The molecule has 0 spiro atoms. The molecular formula is C24H23ClN2O5. The van der Waals surface area contributed by atoms with Gasteiger partial charge in [0.25, 0.3) is 5.91 Å². The van der Waals surface area contributed by atoms with E-state index in [-0.39, 0.29) is 13.0 Å². The molecule has 0 saturated heterocycles. The fraction of sp³-hybridized carbons (Fsp3) is 0.208. The van der Waals surface area contributed by atoms with Crippen molar-refractivity contribution in [2.24, 2.45) is 0 Å². The maximum Gasteiger partial charge on any atom is 0.306 e. The molecule has 2 amide bonds. The third-order valence-electron chi connectivity index (χ3n) is 4.61. The molecule has 1 aromatic heterocycles. The van der Waals surface area contributed by atoms with E-state index in [0.717, 1.165) is 11.3 Å². The van der Waals surface area contributed by atoms with Gasteiger partial charge in [-0.1, -0.05) is 54.1 Å². The van der Waals surface area contributed by atoms with Crippen LogP contribution in [-0.2, 0) is 25.5 Å². The quantitative estimate of drug-likeness (QED) is 0.490. The fourth-order valence-corrected chi connectivity index (χ4v) is 3.06. The summed E-state index contributed by atoms with van der Waals surface area (Å²) < 4.78 is 10.8. The molecule has 0 atom stereocenters. The summed E-state index contributed by atoms with van der Waals surface area (Å²) in [5.41, 5.74) is 1.41. The predicted octanol–water partition coefficient (Wildman–Crippen LogP) is 4.17. The van der Waals surface area contributed by atoms with E-state index in [4.69, 9.17) is 20.8 Å². The molecule has 7 nitrogen and oxygen atoms in total. The number of rotatable bonds is 9. The van der Waals surface area contributed by atoms with Gasteiger partial charge in [0.2, 0.25) is 5.91 Å². The SMILES string of the molecule is CN(CC(=O)Nc1ccccc1Cl)C(=O)COC(=O)CCc1ccc(-c2ccccc2)o1. The Morgan fingerprint density at radius 2 is 1.72 bits per heavy atom. The average Bonchev–Trinajstić information content (AvgIpc) is 3.27. The lowest BCUT2D eigenvalue weighted by atomic mass is 10.2. The lowest BCUT2D eigenvalue weighted by Gasteiger charge is -2.17. The molecule has 0 aliphatic heterocycles. The van der Waals surface area contributed by atoms with E-state index in [1.807, 2.05) is 42.5 Å². The van der Waals surface area contributed by atoms with E-state index in [1.54, 1.807) is 24.3 Å². The minimum absolute atomic E-state index is 0.0751. The second kappa shape index (κ2) is 11.2. The highest BCUT2D eigenvalue weighted by molar-refractivity contribution is 6.33. The summed E-state index contributed by atoms with van der Waals surface area (Å²) in [7, 11) is 1.45. The number of aryl methyl sites for hydroxylation is 1. The number of carbonyl (C=O) groups excluding carboxylic acids is 3. The van der Waals surface area contributed by atoms with Crippen molar-refractivity contribution in [1.82, 2.24) is 4.90 Å². The summed E-state index contributed by atoms with van der Waals surface area (Å²) in [4.78, 5) is 37.4. The molecule has 0 aliphatic rings. The number of hydrogen-bond donors (Lipinski definition) is 1. The van der Waals surface area contributed by atoms with Gasteiger partial charge in [0.1, 0.15) is 11.5 Å². The highest BCUT2D eigenvalue weighted by Crippen LogP contribution is 2.22. The zero-order chi connectivity index (χ0) is 22.9. The van der Waals surface area contributed by atoms with Crippen LogP contribution in [0.2, 0.25) is 5.02 Å². The van der Waals surface area contributed by atoms with Gasteiger partial charge in [-0.3, -0.25) is 14.4 Å². The number of hydrogen-bond acceptors (Lipinski definition) is 5. The summed E-state index contributed by atoms with van der Waals surface area (Å²) in [5, 5.41) is 3.03. The van der Waals surface area contributed by atoms with Crippen LogP contribution in [0.3, 0.4) is 0 Å². The number of carbonyl (C=O) groups is 3. The number of nitrogens with zero attached hydrogens (tertiary/aromatic N) is 1. The number of halogens is 1. The number of likely N-dealkylation sites (N-methyl/N-ethyl adjacent to an activating group) is 1. The van der Waals surface area contributed by atoms with E-state index in [2.05, 4.69) is 5.32 Å². The van der Waals surface area contributed by atoms with Gasteiger partial charge in [-0.2, -0.15) is 0 Å². The molecule has 8 heteroatoms. The van der Waals surface area contributed by atoms with Crippen molar-refractivity contribution in [2.45, 2.75) is 12.8 Å². The Balaban J connectivity index is 1.38. The van der Waals surface area contributed by atoms with E-state index in [0.29, 0.717) is 22.9 Å². The lowest BCUT2D eigenvalue weighted by Crippen LogP contribution is -2.37. The lowest BCUT2D eigenvalue weighted by molar-refractivity contribution is -0.151. The van der Waals surface area contributed by atoms with E-state index in [9.17, 15) is 14.4 Å². The summed E-state index contributed by atoms with van der Waals surface area (Å²) in [6.07, 6.45) is 0.432. The van der Waals surface area contributed by atoms with Crippen LogP contribution in [-0.4, -0.2) is 42.9 Å². The molecule has 0 radical (unpaired) electrons. The third-order valence-corrected chi connectivity index (χ3v) is 4.94. The van der Waals surface area contributed by atoms with Gasteiger partial charge >= 0.3 is 5.97 Å². The number of nitrogens with one attached hydrogen (secondary N) is 1. The molecule has 0 fully saturated rings. The van der Waals surface area contributed by atoms with Gasteiger partial charge in [-0.25, -0.2) is 0 Å². The number of amides is 2. The van der Waals surface area contributed by atoms with Crippen molar-refractivity contribution >= 4 is 35.1 Å². The Morgan fingerprint density at radius 1 is 1.00 bits per heavy atom. The Bertz CT molecular complexity index is 1080. The monoisotopic (exact) mass is 454 g/mol. The minimum atomic E-state index is -0.523. The molecule has 0 unspecified atom stereocenters. The minimum Gasteiger partial charge on any atom is -0.461 e. The molecule has 0 bridgehead atoms. The first-order chi connectivity index (χ1) is 15.4. The van der Waals surface area contributed by atoms with E-state index >= 15 is 0 Å². The Kier molecular flexibility index (Phi) is 8.05. The highest BCUT2D eigenvalue weighted by atomic mass is 35.5. The Morgan fingerprint density at radius 3 is 2.47 bits per heavy atom. The van der Waals surface area contributed by atoms with Gasteiger partial charge in [0.05, 0.1) is 23.7 Å². The van der Waals surface area contributed by atoms with Crippen LogP contribution in [0.15, 0.2) is 71.1 Å². The third kappa shape index (κ3) is 6.72. The zero-order valence-corrected chi connectivity index (χ0v) is 18.3. The Labute approximate surface area is 190 Å². The van der Waals surface area contributed by atoms with E-state index in [1.165, 1.54) is 11.9 Å². The molecule has 3 rings (SSSR count). The van der Waals surface area contributed by atoms with Gasteiger partial charge < -0.3 is 19.4 Å². The maximum atomic E-state index is 12.2. The zero-order valence-electron chi connectivity index (χ0n) is 17.5. The number of ether oxygens (including phenoxy) is 1. The van der Waals surface area contributed by atoms with Crippen LogP contribution in [0.5, 0.6) is 0 Å². The van der Waals surface area contributed by atoms with Gasteiger partial charge in [0, 0.05) is 19.0 Å². The number of anilines is 1. The van der Waals surface area contributed by atoms with Crippen molar-refractivity contribution in [3.05, 3.63) is 77.5 Å². The fourth-order valence-electron chi connectivity index (χ4n) is 2.88. The van der Waals surface area contributed by atoms with Crippen molar-refractivity contribution in [3.8, 4) is 11.3 Å². The number of para-hydroxylation sites is 1. The molecule has 166 valence electrons. The summed E-state index contributed by atoms with van der Waals surface area (Å²) in [5.74, 6) is -0.0457. The smallest absolute Gasteiger partial charge is 0.306 e. The molecule has 1 heterocycles. The predicted molar refractivity (Wildman–Crippen MR) is 121 cm³/mol. The van der Waals surface area contributed by atoms with Crippen LogP contribution in [0.1, 0.15) is 12.2 Å². The topological polar surface area (TPSA) is 88.9 Å². The highest BCUT2D eigenvalue weighted by Gasteiger charge is 2.16. The standard InChI is InChI=1S/C24H23ClN2O5/c1-27(15-22(28)26-20-10-6-5-9-19(20)25)23(29)16-31-24(30)14-12-18-11-13-21(32-18)17-7-3-2-4-8-17/h2-11,13H,12,14-16H2,1H3,(H,26,28). The van der Waals surface area contributed by atoms with Crippen molar-refractivity contribution in [3.63, 3.8) is 0 Å². The van der Waals surface area contributed by atoms with Crippen LogP contribution < -0.4 is 5.32 Å². The number of esters is 1. The van der Waals surface area contributed by atoms with Crippen molar-refractivity contribution in [1.29, 1.82) is 0 Å². The first-order valence-corrected chi connectivity index (χ1v) is 10.4. The summed E-state index contributed by atoms with van der Waals surface area (Å²) >= 11 is 6.00. The number of furan rings is 1. The molecule has 32 heavy (non-hydrogen) atoms. The molecular weight excluding hydrogens is 432 g/mol. The summed E-state index contributed by atoms with van der Waals surface area (Å²) in [6, 6.07) is 20.1. The second-order valence-corrected chi connectivity index (χ2v) is 7.48. The number of benzene rings is 2. The summed E-state index contributed by atoms with van der Waals surface area (Å²) in [6.45, 7) is -0.640. The maximum absolute atomic E-state index is 12.2. The molecule has 0 saturated carbocycles. The molecule has 3 aromatic rings. The van der Waals surface area contributed by atoms with E-state index < -0.39 is 24.4 Å². The molecule has 1 N–H and O–H groups in total. The van der Waals surface area contributed by atoms with Crippen LogP contribution in [0.4, 0.5) is 5.69 Å². The molecule has 0 aliphatic carbocycles. The van der Waals surface area contributed by atoms with Crippen LogP contribution >= 0.6 is 11.6 Å². The van der Waals surface area contributed by atoms with Crippen molar-refractivity contribution in [2.75, 3.05) is 25.5 Å². The first-order valence-electron chi connectivity index (χ1n) is 10.0. The largest absolute Gasteiger partial charge is 0.461 e.